The fraction of sp³-hybridized carbons (Fsp3) is 0.857. The zero-order chi connectivity index (χ0) is 12.1. The van der Waals surface area contributed by atoms with Gasteiger partial charge in [-0.3, -0.25) is 0 Å². The Morgan fingerprint density at radius 1 is 1.06 bits per heavy atom. The Bertz CT molecular complexity index is 327. The van der Waals surface area contributed by atoms with Crippen LogP contribution in [-0.2, 0) is 0 Å². The predicted octanol–water partition coefficient (Wildman–Crippen LogP) is 3.35. The Morgan fingerprint density at radius 3 is 2.24 bits per heavy atom. The molecule has 2 N–H and O–H groups in total. The van der Waals surface area contributed by atoms with Crippen molar-refractivity contribution in [2.75, 3.05) is 6.54 Å². The van der Waals surface area contributed by atoms with Crippen LogP contribution in [0.5, 0.6) is 0 Å². The van der Waals surface area contributed by atoms with Gasteiger partial charge in [0.1, 0.15) is 0 Å². The van der Waals surface area contributed by atoms with Gasteiger partial charge in [-0.05, 0) is 55.4 Å². The van der Waals surface area contributed by atoms with E-state index in [-0.39, 0.29) is 18.3 Å². The molecule has 17 heavy (non-hydrogen) atoms. The summed E-state index contributed by atoms with van der Waals surface area (Å²) in [7, 11) is 0. The van der Waals surface area contributed by atoms with Gasteiger partial charge in [0.15, 0.2) is 0 Å². The van der Waals surface area contributed by atoms with E-state index in [0.29, 0.717) is 37.1 Å². The summed E-state index contributed by atoms with van der Waals surface area (Å²) in [5, 5.41) is 0. The maximum Gasteiger partial charge on any atom is 0.248 e. The molecule has 0 heterocycles. The summed E-state index contributed by atoms with van der Waals surface area (Å²) in [5.41, 5.74) is 5.98. The Balaban J connectivity index is 1.77. The van der Waals surface area contributed by atoms with Crippen molar-refractivity contribution < 1.29 is 8.78 Å². The summed E-state index contributed by atoms with van der Waals surface area (Å²) < 4.78 is 26.6. The van der Waals surface area contributed by atoms with E-state index >= 15 is 0 Å². The fourth-order valence-electron chi connectivity index (χ4n) is 4.32. The average molecular weight is 241 g/mol. The third kappa shape index (κ3) is 1.83. The molecule has 0 saturated heterocycles. The van der Waals surface area contributed by atoms with Crippen molar-refractivity contribution in [2.45, 2.75) is 44.4 Å². The van der Waals surface area contributed by atoms with E-state index < -0.39 is 5.92 Å². The normalized spacial score (nSPS) is 41.9. The number of fused-ring (bicyclic) bond motifs is 2. The summed E-state index contributed by atoms with van der Waals surface area (Å²) in [6, 6.07) is 0. The van der Waals surface area contributed by atoms with Gasteiger partial charge in [0, 0.05) is 12.8 Å². The molecule has 1 nitrogen and oxygen atoms in total. The molecule has 3 heteroatoms. The number of hydrogen-bond acceptors (Lipinski definition) is 1. The molecule has 2 bridgehead atoms. The predicted molar refractivity (Wildman–Crippen MR) is 63.7 cm³/mol. The molecule has 3 atom stereocenters. The molecule has 3 rings (SSSR count). The zero-order valence-electron chi connectivity index (χ0n) is 10.2. The van der Waals surface area contributed by atoms with E-state index in [0.717, 1.165) is 0 Å². The molecule has 0 aliphatic heterocycles. The maximum atomic E-state index is 13.3. The zero-order valence-corrected chi connectivity index (χ0v) is 10.2. The number of hydrogen-bond donors (Lipinski definition) is 1. The van der Waals surface area contributed by atoms with Gasteiger partial charge in [-0.25, -0.2) is 8.78 Å². The van der Waals surface area contributed by atoms with Gasteiger partial charge in [0.05, 0.1) is 0 Å². The molecule has 0 spiro atoms. The molecule has 3 aliphatic rings. The number of halogens is 2. The molecule has 0 aromatic carbocycles. The van der Waals surface area contributed by atoms with Crippen LogP contribution < -0.4 is 5.73 Å². The highest BCUT2D eigenvalue weighted by Gasteiger charge is 2.51. The molecule has 96 valence electrons. The largest absolute Gasteiger partial charge is 0.330 e. The molecular weight excluding hydrogens is 220 g/mol. The molecular formula is C14H21F2N. The van der Waals surface area contributed by atoms with Gasteiger partial charge >= 0.3 is 0 Å². The van der Waals surface area contributed by atoms with Crippen LogP contribution in [-0.4, -0.2) is 12.5 Å². The van der Waals surface area contributed by atoms with E-state index in [4.69, 9.17) is 5.73 Å². The minimum Gasteiger partial charge on any atom is -0.330 e. The standard InChI is InChI=1S/C14H21F2N/c15-14(16)5-3-13(9-17,4-6-14)12-8-10-1-2-11(12)7-10/h1-2,10-12H,3-9,17H2. The summed E-state index contributed by atoms with van der Waals surface area (Å²) in [6.07, 6.45) is 8.37. The molecule has 3 aliphatic carbocycles. The highest BCUT2D eigenvalue weighted by molar-refractivity contribution is 5.14. The fourth-order valence-corrected chi connectivity index (χ4v) is 4.32. The summed E-state index contributed by atoms with van der Waals surface area (Å²) in [6.45, 7) is 0.588. The summed E-state index contributed by atoms with van der Waals surface area (Å²) >= 11 is 0. The second kappa shape index (κ2) is 3.78. The van der Waals surface area contributed by atoms with E-state index in [1.54, 1.807) is 0 Å². The monoisotopic (exact) mass is 241 g/mol. The highest BCUT2D eigenvalue weighted by atomic mass is 19.3. The van der Waals surface area contributed by atoms with Crippen molar-refractivity contribution in [3.05, 3.63) is 12.2 Å². The Labute approximate surface area is 101 Å². The quantitative estimate of drug-likeness (QED) is 0.737. The molecule has 2 fully saturated rings. The van der Waals surface area contributed by atoms with E-state index in [1.807, 2.05) is 0 Å². The Kier molecular flexibility index (Phi) is 2.58. The molecule has 0 amide bonds. The maximum absolute atomic E-state index is 13.3. The van der Waals surface area contributed by atoms with Crippen molar-refractivity contribution in [1.29, 1.82) is 0 Å². The molecule has 3 unspecified atom stereocenters. The van der Waals surface area contributed by atoms with Gasteiger partial charge in [0.2, 0.25) is 5.92 Å². The molecule has 2 saturated carbocycles. The van der Waals surface area contributed by atoms with Gasteiger partial charge in [-0.15, -0.1) is 0 Å². The lowest BCUT2D eigenvalue weighted by atomic mass is 9.61. The van der Waals surface area contributed by atoms with Crippen LogP contribution in [0.15, 0.2) is 12.2 Å². The molecule has 0 aromatic heterocycles. The second-order valence-electron chi connectivity index (χ2n) is 6.31. The first-order valence-corrected chi connectivity index (χ1v) is 6.81. The second-order valence-corrected chi connectivity index (χ2v) is 6.31. The van der Waals surface area contributed by atoms with Crippen LogP contribution >= 0.6 is 0 Å². The van der Waals surface area contributed by atoms with Gasteiger partial charge in [0.25, 0.3) is 0 Å². The Morgan fingerprint density at radius 2 is 1.76 bits per heavy atom. The van der Waals surface area contributed by atoms with E-state index in [9.17, 15) is 8.78 Å². The van der Waals surface area contributed by atoms with Crippen LogP contribution in [0.1, 0.15) is 38.5 Å². The van der Waals surface area contributed by atoms with Crippen molar-refractivity contribution in [3.8, 4) is 0 Å². The highest BCUT2D eigenvalue weighted by Crippen LogP contribution is 2.57. The van der Waals surface area contributed by atoms with Gasteiger partial charge in [-0.1, -0.05) is 12.2 Å². The van der Waals surface area contributed by atoms with E-state index in [1.165, 1.54) is 12.8 Å². The average Bonchev–Trinajstić information content (AvgIpc) is 2.92. The van der Waals surface area contributed by atoms with Crippen molar-refractivity contribution >= 4 is 0 Å². The summed E-state index contributed by atoms with van der Waals surface area (Å²) in [4.78, 5) is 0. The SMILES string of the molecule is NCC1(C2CC3C=CC2C3)CCC(F)(F)CC1. The van der Waals surface area contributed by atoms with Crippen LogP contribution in [0.4, 0.5) is 8.78 Å². The van der Waals surface area contributed by atoms with Crippen LogP contribution in [0.25, 0.3) is 0 Å². The lowest BCUT2D eigenvalue weighted by molar-refractivity contribution is -0.0815. The smallest absolute Gasteiger partial charge is 0.248 e. The number of rotatable bonds is 2. The summed E-state index contributed by atoms with van der Waals surface area (Å²) in [5.74, 6) is -0.545. The van der Waals surface area contributed by atoms with Crippen LogP contribution in [0, 0.1) is 23.2 Å². The van der Waals surface area contributed by atoms with E-state index in [2.05, 4.69) is 12.2 Å². The number of alkyl halides is 2. The topological polar surface area (TPSA) is 26.0 Å². The van der Waals surface area contributed by atoms with Crippen molar-refractivity contribution in [2.24, 2.45) is 28.9 Å². The number of nitrogens with two attached hydrogens (primary N) is 1. The molecule has 0 aromatic rings. The lowest BCUT2D eigenvalue weighted by Gasteiger charge is -2.46. The van der Waals surface area contributed by atoms with Crippen LogP contribution in [0.3, 0.4) is 0 Å². The number of allylic oxidation sites excluding steroid dienone is 2. The third-order valence-electron chi connectivity index (χ3n) is 5.45. The third-order valence-corrected chi connectivity index (χ3v) is 5.45. The minimum atomic E-state index is -2.44. The first-order chi connectivity index (χ1) is 8.05. The van der Waals surface area contributed by atoms with Crippen molar-refractivity contribution in [1.82, 2.24) is 0 Å². The Hall–Kier alpha value is -0.440. The lowest BCUT2D eigenvalue weighted by Crippen LogP contribution is -2.45. The van der Waals surface area contributed by atoms with Crippen molar-refractivity contribution in [3.63, 3.8) is 0 Å². The first-order valence-electron chi connectivity index (χ1n) is 6.81. The van der Waals surface area contributed by atoms with Crippen LogP contribution in [0.2, 0.25) is 0 Å². The van der Waals surface area contributed by atoms with Gasteiger partial charge < -0.3 is 5.73 Å². The molecule has 0 radical (unpaired) electrons. The minimum absolute atomic E-state index is 0.00581. The van der Waals surface area contributed by atoms with Gasteiger partial charge in [-0.2, -0.15) is 0 Å². The first kappa shape index (κ1) is 11.6.